The molecule has 1 heterocycles. The second kappa shape index (κ2) is 6.06. The van der Waals surface area contributed by atoms with E-state index in [0.29, 0.717) is 6.54 Å². The van der Waals surface area contributed by atoms with Gasteiger partial charge in [-0.25, -0.2) is 0 Å². The van der Waals surface area contributed by atoms with Crippen LogP contribution in [0.3, 0.4) is 0 Å². The molecule has 1 aliphatic rings. The number of benzene rings is 1. The third-order valence-electron chi connectivity index (χ3n) is 3.58. The molecule has 4 nitrogen and oxygen atoms in total. The number of nitrogens with one attached hydrogen (secondary N) is 1. The molecule has 2 rings (SSSR count). The summed E-state index contributed by atoms with van der Waals surface area (Å²) in [7, 11) is 5.93. The minimum atomic E-state index is 0.0158. The minimum Gasteiger partial charge on any atom is -0.378 e. The van der Waals surface area contributed by atoms with Gasteiger partial charge in [0.05, 0.1) is 6.04 Å². The van der Waals surface area contributed by atoms with E-state index in [1.807, 2.05) is 32.1 Å². The van der Waals surface area contributed by atoms with E-state index in [1.54, 1.807) is 0 Å². The van der Waals surface area contributed by atoms with E-state index in [4.69, 9.17) is 0 Å². The monoisotopic (exact) mass is 261 g/mol. The summed E-state index contributed by atoms with van der Waals surface area (Å²) in [6.07, 6.45) is 2.06. The zero-order valence-corrected chi connectivity index (χ0v) is 12.0. The van der Waals surface area contributed by atoms with Crippen molar-refractivity contribution in [3.05, 3.63) is 29.8 Å². The van der Waals surface area contributed by atoms with Gasteiger partial charge in [0.2, 0.25) is 5.91 Å². The van der Waals surface area contributed by atoms with Crippen molar-refractivity contribution in [2.45, 2.75) is 25.4 Å². The molecule has 1 atom stereocenters. The quantitative estimate of drug-likeness (QED) is 0.891. The molecule has 1 saturated heterocycles. The molecule has 1 unspecified atom stereocenters. The highest BCUT2D eigenvalue weighted by Gasteiger charge is 2.24. The number of carbonyl (C=O) groups is 1. The van der Waals surface area contributed by atoms with Crippen molar-refractivity contribution in [1.82, 2.24) is 10.2 Å². The largest absolute Gasteiger partial charge is 0.378 e. The third-order valence-corrected chi connectivity index (χ3v) is 3.58. The molecule has 1 amide bonds. The highest BCUT2D eigenvalue weighted by Crippen LogP contribution is 2.16. The molecule has 0 aliphatic carbocycles. The lowest BCUT2D eigenvalue weighted by atomic mass is 10.1. The topological polar surface area (TPSA) is 35.6 Å². The molecule has 1 aromatic rings. The van der Waals surface area contributed by atoms with Crippen LogP contribution in [0.15, 0.2) is 24.3 Å². The normalized spacial score (nSPS) is 18.4. The summed E-state index contributed by atoms with van der Waals surface area (Å²) in [5.41, 5.74) is 2.33. The Morgan fingerprint density at radius 1 is 1.37 bits per heavy atom. The van der Waals surface area contributed by atoms with Gasteiger partial charge >= 0.3 is 0 Å². The van der Waals surface area contributed by atoms with E-state index in [1.165, 1.54) is 5.56 Å². The fourth-order valence-corrected chi connectivity index (χ4v) is 2.45. The van der Waals surface area contributed by atoms with Gasteiger partial charge < -0.3 is 15.1 Å². The Balaban J connectivity index is 1.99. The molecule has 104 valence electrons. The molecule has 1 aliphatic heterocycles. The highest BCUT2D eigenvalue weighted by molar-refractivity contribution is 5.81. The first kappa shape index (κ1) is 13.9. The zero-order valence-electron chi connectivity index (χ0n) is 12.0. The molecule has 0 aromatic heterocycles. The standard InChI is InChI=1S/C15H23N3O/c1-17(2)13-7-4-6-12(10-13)11-18(3)15(19)14-8-5-9-16-14/h4,6-7,10,14,16H,5,8-9,11H2,1-3H3. The van der Waals surface area contributed by atoms with Gasteiger partial charge in [-0.1, -0.05) is 12.1 Å². The fraction of sp³-hybridized carbons (Fsp3) is 0.533. The van der Waals surface area contributed by atoms with Gasteiger partial charge in [0.25, 0.3) is 0 Å². The summed E-state index contributed by atoms with van der Waals surface area (Å²) >= 11 is 0. The maximum Gasteiger partial charge on any atom is 0.239 e. The van der Waals surface area contributed by atoms with E-state index >= 15 is 0 Å². The van der Waals surface area contributed by atoms with Gasteiger partial charge in [0.15, 0.2) is 0 Å². The summed E-state index contributed by atoms with van der Waals surface area (Å²) in [6.45, 7) is 1.62. The average molecular weight is 261 g/mol. The molecule has 0 radical (unpaired) electrons. The Kier molecular flexibility index (Phi) is 4.43. The van der Waals surface area contributed by atoms with Gasteiger partial charge in [-0.05, 0) is 37.1 Å². The molecular weight excluding hydrogens is 238 g/mol. The molecule has 19 heavy (non-hydrogen) atoms. The number of hydrogen-bond acceptors (Lipinski definition) is 3. The Morgan fingerprint density at radius 3 is 2.79 bits per heavy atom. The summed E-state index contributed by atoms with van der Waals surface area (Å²) in [6, 6.07) is 8.33. The van der Waals surface area contributed by atoms with E-state index in [2.05, 4.69) is 28.4 Å². The third kappa shape index (κ3) is 3.47. The Hall–Kier alpha value is -1.55. The van der Waals surface area contributed by atoms with E-state index < -0.39 is 0 Å². The van der Waals surface area contributed by atoms with Crippen molar-refractivity contribution < 1.29 is 4.79 Å². The van der Waals surface area contributed by atoms with Crippen molar-refractivity contribution in [3.63, 3.8) is 0 Å². The second-order valence-electron chi connectivity index (χ2n) is 5.41. The van der Waals surface area contributed by atoms with E-state index in [-0.39, 0.29) is 11.9 Å². The number of amides is 1. The van der Waals surface area contributed by atoms with Crippen LogP contribution in [-0.4, -0.2) is 44.5 Å². The molecule has 0 spiro atoms. The van der Waals surface area contributed by atoms with Crippen LogP contribution in [0.2, 0.25) is 0 Å². The maximum absolute atomic E-state index is 12.2. The Bertz CT molecular complexity index is 439. The maximum atomic E-state index is 12.2. The zero-order chi connectivity index (χ0) is 13.8. The smallest absolute Gasteiger partial charge is 0.239 e. The van der Waals surface area contributed by atoms with Crippen molar-refractivity contribution in [1.29, 1.82) is 0 Å². The molecule has 1 N–H and O–H groups in total. The predicted molar refractivity (Wildman–Crippen MR) is 78.3 cm³/mol. The molecular formula is C15H23N3O. The lowest BCUT2D eigenvalue weighted by Gasteiger charge is -2.22. The first-order chi connectivity index (χ1) is 9.08. The van der Waals surface area contributed by atoms with E-state index in [0.717, 1.165) is 25.1 Å². The molecule has 0 bridgehead atoms. The average Bonchev–Trinajstić information content (AvgIpc) is 2.92. The van der Waals surface area contributed by atoms with Crippen LogP contribution in [-0.2, 0) is 11.3 Å². The fourth-order valence-electron chi connectivity index (χ4n) is 2.45. The summed E-state index contributed by atoms with van der Waals surface area (Å²) in [4.78, 5) is 16.1. The van der Waals surface area contributed by atoms with Gasteiger partial charge in [-0.15, -0.1) is 0 Å². The summed E-state index contributed by atoms with van der Waals surface area (Å²) in [5.74, 6) is 0.202. The van der Waals surface area contributed by atoms with Gasteiger partial charge in [-0.3, -0.25) is 4.79 Å². The first-order valence-electron chi connectivity index (χ1n) is 6.82. The Labute approximate surface area is 115 Å². The van der Waals surface area contributed by atoms with Crippen molar-refractivity contribution in [2.75, 3.05) is 32.6 Å². The van der Waals surface area contributed by atoms with Gasteiger partial charge in [-0.2, -0.15) is 0 Å². The SMILES string of the molecule is CN(Cc1cccc(N(C)C)c1)C(=O)C1CCCN1. The van der Waals surface area contributed by atoms with Crippen LogP contribution in [0.25, 0.3) is 0 Å². The predicted octanol–water partition coefficient (Wildman–Crippen LogP) is 1.46. The van der Waals surface area contributed by atoms with Crippen LogP contribution in [0.4, 0.5) is 5.69 Å². The molecule has 1 aromatic carbocycles. The summed E-state index contributed by atoms with van der Waals surface area (Å²) in [5, 5.41) is 3.25. The van der Waals surface area contributed by atoms with Crippen molar-refractivity contribution in [2.24, 2.45) is 0 Å². The molecule has 1 fully saturated rings. The lowest BCUT2D eigenvalue weighted by Crippen LogP contribution is -2.41. The number of hydrogen-bond donors (Lipinski definition) is 1. The number of nitrogens with zero attached hydrogens (tertiary/aromatic N) is 2. The number of likely N-dealkylation sites (N-methyl/N-ethyl adjacent to an activating group) is 1. The summed E-state index contributed by atoms with van der Waals surface area (Å²) < 4.78 is 0. The molecule has 0 saturated carbocycles. The minimum absolute atomic E-state index is 0.0158. The van der Waals surface area contributed by atoms with E-state index in [9.17, 15) is 4.79 Å². The molecule has 4 heteroatoms. The van der Waals surface area contributed by atoms with Crippen molar-refractivity contribution >= 4 is 11.6 Å². The van der Waals surface area contributed by atoms with Crippen LogP contribution < -0.4 is 10.2 Å². The number of anilines is 1. The Morgan fingerprint density at radius 2 is 2.16 bits per heavy atom. The highest BCUT2D eigenvalue weighted by atomic mass is 16.2. The van der Waals surface area contributed by atoms with Crippen molar-refractivity contribution in [3.8, 4) is 0 Å². The van der Waals surface area contributed by atoms with Gasteiger partial charge in [0, 0.05) is 33.4 Å². The van der Waals surface area contributed by atoms with Crippen LogP contribution >= 0.6 is 0 Å². The van der Waals surface area contributed by atoms with Gasteiger partial charge in [0.1, 0.15) is 0 Å². The van der Waals surface area contributed by atoms with Crippen LogP contribution in [0, 0.1) is 0 Å². The first-order valence-corrected chi connectivity index (χ1v) is 6.82. The number of carbonyl (C=O) groups excluding carboxylic acids is 1. The number of rotatable bonds is 4. The van der Waals surface area contributed by atoms with Crippen LogP contribution in [0.1, 0.15) is 18.4 Å². The second-order valence-corrected chi connectivity index (χ2v) is 5.41. The lowest BCUT2D eigenvalue weighted by molar-refractivity contribution is -0.132. The van der Waals surface area contributed by atoms with Crippen LogP contribution in [0.5, 0.6) is 0 Å².